The van der Waals surface area contributed by atoms with Crippen molar-refractivity contribution in [2.24, 2.45) is 11.3 Å². The topological polar surface area (TPSA) is 43.1 Å². The Balaban J connectivity index is 2.03. The second kappa shape index (κ2) is 5.27. The lowest BCUT2D eigenvalue weighted by molar-refractivity contribution is 0.297. The van der Waals surface area contributed by atoms with Gasteiger partial charge in [-0.3, -0.25) is 0 Å². The second-order valence-corrected chi connectivity index (χ2v) is 6.76. The van der Waals surface area contributed by atoms with Crippen LogP contribution in [0, 0.1) is 18.3 Å². The van der Waals surface area contributed by atoms with Gasteiger partial charge in [-0.1, -0.05) is 27.7 Å². The molecule has 0 aliphatic carbocycles. The van der Waals surface area contributed by atoms with E-state index in [1.807, 2.05) is 0 Å². The van der Waals surface area contributed by atoms with Crippen LogP contribution in [0.2, 0.25) is 0 Å². The number of aromatic nitrogens is 4. The van der Waals surface area contributed by atoms with E-state index >= 15 is 0 Å². The molecule has 104 valence electrons. The van der Waals surface area contributed by atoms with Gasteiger partial charge in [-0.25, -0.2) is 9.50 Å². The van der Waals surface area contributed by atoms with Crippen LogP contribution in [0.1, 0.15) is 51.8 Å². The monoisotopic (exact) mass is 260 g/mol. The van der Waals surface area contributed by atoms with Crippen LogP contribution in [-0.2, 0) is 6.42 Å². The number of nitrogens with zero attached hydrogens (tertiary/aromatic N) is 4. The predicted octanol–water partition coefficient (Wildman–Crippen LogP) is 3.44. The maximum atomic E-state index is 4.48. The Bertz CT molecular complexity index is 551. The molecule has 0 aliphatic rings. The molecule has 2 aromatic heterocycles. The lowest BCUT2D eigenvalue weighted by Crippen LogP contribution is -2.12. The van der Waals surface area contributed by atoms with Crippen molar-refractivity contribution in [3.05, 3.63) is 23.8 Å². The largest absolute Gasteiger partial charge is 0.252 e. The summed E-state index contributed by atoms with van der Waals surface area (Å²) in [6.07, 6.45) is 7.12. The van der Waals surface area contributed by atoms with Gasteiger partial charge >= 0.3 is 0 Å². The molecule has 0 saturated carbocycles. The highest BCUT2D eigenvalue weighted by atomic mass is 15.3. The van der Waals surface area contributed by atoms with Gasteiger partial charge in [-0.05, 0) is 43.1 Å². The van der Waals surface area contributed by atoms with Crippen LogP contribution in [0.4, 0.5) is 0 Å². The zero-order valence-electron chi connectivity index (χ0n) is 12.6. The fourth-order valence-corrected chi connectivity index (χ4v) is 2.67. The van der Waals surface area contributed by atoms with Crippen LogP contribution in [0.3, 0.4) is 0 Å². The molecule has 0 spiro atoms. The standard InChI is InChI=1S/C15H24N4/c1-11(8-15(3,4)5)6-7-13-9-19-14(16-10-17-19)18-12(13)2/h9-11H,6-8H2,1-5H3. The van der Waals surface area contributed by atoms with Crippen LogP contribution in [0.25, 0.3) is 5.78 Å². The van der Waals surface area contributed by atoms with E-state index in [0.717, 1.165) is 18.0 Å². The van der Waals surface area contributed by atoms with E-state index in [4.69, 9.17) is 0 Å². The maximum absolute atomic E-state index is 4.48. The van der Waals surface area contributed by atoms with Gasteiger partial charge in [-0.15, -0.1) is 0 Å². The maximum Gasteiger partial charge on any atom is 0.252 e. The SMILES string of the molecule is Cc1nc2ncnn2cc1CCC(C)CC(C)(C)C. The number of rotatable bonds is 4. The third-order valence-corrected chi connectivity index (χ3v) is 3.43. The quantitative estimate of drug-likeness (QED) is 0.845. The lowest BCUT2D eigenvalue weighted by atomic mass is 9.83. The molecule has 0 N–H and O–H groups in total. The average Bonchev–Trinajstić information content (AvgIpc) is 2.70. The molecule has 0 saturated heterocycles. The summed E-state index contributed by atoms with van der Waals surface area (Å²) < 4.78 is 1.76. The molecule has 0 bridgehead atoms. The van der Waals surface area contributed by atoms with Gasteiger partial charge in [0, 0.05) is 11.9 Å². The number of fused-ring (bicyclic) bond motifs is 1. The summed E-state index contributed by atoms with van der Waals surface area (Å²) in [5.74, 6) is 1.41. The number of hydrogen-bond acceptors (Lipinski definition) is 3. The summed E-state index contributed by atoms with van der Waals surface area (Å²) in [5.41, 5.74) is 2.75. The van der Waals surface area contributed by atoms with Crippen molar-refractivity contribution in [1.29, 1.82) is 0 Å². The molecule has 1 unspecified atom stereocenters. The van der Waals surface area contributed by atoms with Crippen LogP contribution in [0.5, 0.6) is 0 Å². The van der Waals surface area contributed by atoms with E-state index in [9.17, 15) is 0 Å². The molecule has 0 amide bonds. The summed E-state index contributed by atoms with van der Waals surface area (Å²) in [7, 11) is 0. The Labute approximate surface area is 115 Å². The minimum absolute atomic E-state index is 0.405. The first-order chi connectivity index (χ1) is 8.85. The average molecular weight is 260 g/mol. The Kier molecular flexibility index (Phi) is 3.88. The number of hydrogen-bond donors (Lipinski definition) is 0. The van der Waals surface area contributed by atoms with E-state index in [1.165, 1.54) is 18.4 Å². The van der Waals surface area contributed by atoms with Crippen LogP contribution in [-0.4, -0.2) is 19.6 Å². The highest BCUT2D eigenvalue weighted by Gasteiger charge is 2.15. The minimum atomic E-state index is 0.405. The fraction of sp³-hybridized carbons (Fsp3) is 0.667. The molecule has 2 aromatic rings. The van der Waals surface area contributed by atoms with E-state index in [1.54, 1.807) is 10.8 Å². The molecule has 4 nitrogen and oxygen atoms in total. The molecule has 1 atom stereocenters. The zero-order chi connectivity index (χ0) is 14.0. The van der Waals surface area contributed by atoms with Crippen LogP contribution < -0.4 is 0 Å². The van der Waals surface area contributed by atoms with Gasteiger partial charge in [0.1, 0.15) is 6.33 Å². The summed E-state index contributed by atoms with van der Waals surface area (Å²) >= 11 is 0. The van der Waals surface area contributed by atoms with Crippen molar-refractivity contribution in [2.45, 2.75) is 53.9 Å². The second-order valence-electron chi connectivity index (χ2n) is 6.76. The van der Waals surface area contributed by atoms with Crippen molar-refractivity contribution < 1.29 is 0 Å². The molecule has 2 rings (SSSR count). The third-order valence-electron chi connectivity index (χ3n) is 3.43. The van der Waals surface area contributed by atoms with Gasteiger partial charge in [0.15, 0.2) is 0 Å². The molecule has 0 aliphatic heterocycles. The number of aryl methyl sites for hydroxylation is 2. The fourth-order valence-electron chi connectivity index (χ4n) is 2.67. The predicted molar refractivity (Wildman–Crippen MR) is 77.1 cm³/mol. The highest BCUT2D eigenvalue weighted by molar-refractivity contribution is 5.30. The van der Waals surface area contributed by atoms with Gasteiger partial charge in [0.2, 0.25) is 0 Å². The highest BCUT2D eigenvalue weighted by Crippen LogP contribution is 2.27. The van der Waals surface area contributed by atoms with Crippen LogP contribution >= 0.6 is 0 Å². The summed E-state index contributed by atoms with van der Waals surface area (Å²) in [6.45, 7) is 11.3. The molecule has 0 fully saturated rings. The van der Waals surface area contributed by atoms with E-state index in [-0.39, 0.29) is 0 Å². The first kappa shape index (κ1) is 14.0. The first-order valence-electron chi connectivity index (χ1n) is 7.01. The van der Waals surface area contributed by atoms with Crippen molar-refractivity contribution >= 4 is 5.78 Å². The molecular weight excluding hydrogens is 236 g/mol. The zero-order valence-corrected chi connectivity index (χ0v) is 12.6. The molecule has 2 heterocycles. The molecular formula is C15H24N4. The third kappa shape index (κ3) is 3.75. The normalized spacial score (nSPS) is 13.9. The summed E-state index contributed by atoms with van der Waals surface area (Å²) in [5, 5.41) is 4.15. The van der Waals surface area contributed by atoms with Crippen molar-refractivity contribution in [2.75, 3.05) is 0 Å². The van der Waals surface area contributed by atoms with Crippen molar-refractivity contribution in [3.8, 4) is 0 Å². The Morgan fingerprint density at radius 1 is 1.32 bits per heavy atom. The molecule has 4 heteroatoms. The Morgan fingerprint density at radius 3 is 2.74 bits per heavy atom. The van der Waals surface area contributed by atoms with Crippen LogP contribution in [0.15, 0.2) is 12.5 Å². The summed E-state index contributed by atoms with van der Waals surface area (Å²) in [4.78, 5) is 8.58. The van der Waals surface area contributed by atoms with Gasteiger partial charge in [0.05, 0.1) is 0 Å². The summed E-state index contributed by atoms with van der Waals surface area (Å²) in [6, 6.07) is 0. The first-order valence-corrected chi connectivity index (χ1v) is 7.01. The van der Waals surface area contributed by atoms with Crippen molar-refractivity contribution in [3.63, 3.8) is 0 Å². The molecule has 0 aromatic carbocycles. The van der Waals surface area contributed by atoms with Crippen molar-refractivity contribution in [1.82, 2.24) is 19.6 Å². The Morgan fingerprint density at radius 2 is 2.05 bits per heavy atom. The molecule has 19 heavy (non-hydrogen) atoms. The van der Waals surface area contributed by atoms with E-state index < -0.39 is 0 Å². The van der Waals surface area contributed by atoms with Gasteiger partial charge in [0.25, 0.3) is 5.78 Å². The lowest BCUT2D eigenvalue weighted by Gasteiger charge is -2.23. The Hall–Kier alpha value is -1.45. The van der Waals surface area contributed by atoms with E-state index in [0.29, 0.717) is 11.2 Å². The van der Waals surface area contributed by atoms with E-state index in [2.05, 4.69) is 55.9 Å². The smallest absolute Gasteiger partial charge is 0.216 e. The molecule has 0 radical (unpaired) electrons. The minimum Gasteiger partial charge on any atom is -0.216 e. The van der Waals surface area contributed by atoms with Gasteiger partial charge in [-0.2, -0.15) is 10.1 Å². The van der Waals surface area contributed by atoms with Gasteiger partial charge < -0.3 is 0 Å².